The van der Waals surface area contributed by atoms with E-state index in [4.69, 9.17) is 15.3 Å². The lowest BCUT2D eigenvalue weighted by Crippen LogP contribution is -2.49. The summed E-state index contributed by atoms with van der Waals surface area (Å²) in [4.78, 5) is 10.0. The van der Waals surface area contributed by atoms with Crippen LogP contribution in [-0.2, 0) is 4.79 Å². The second-order valence-corrected chi connectivity index (χ2v) is 2.19. The molecule has 0 aliphatic rings. The van der Waals surface area contributed by atoms with Crippen molar-refractivity contribution >= 4 is 6.29 Å². The smallest absolute Gasteiger partial charge is 0.150 e. The average molecular weight is 163 g/mol. The molecule has 5 nitrogen and oxygen atoms in total. The fourth-order valence-electron chi connectivity index (χ4n) is 0.789. The van der Waals surface area contributed by atoms with Gasteiger partial charge in [-0.05, 0) is 7.05 Å². The zero-order valence-electron chi connectivity index (χ0n) is 6.27. The molecular weight excluding hydrogens is 150 g/mol. The Balaban J connectivity index is 4.02. The third-order valence-corrected chi connectivity index (χ3v) is 1.44. The van der Waals surface area contributed by atoms with Gasteiger partial charge in [-0.2, -0.15) is 0 Å². The first-order chi connectivity index (χ1) is 5.17. The van der Waals surface area contributed by atoms with E-state index < -0.39 is 24.9 Å². The molecule has 0 rings (SSSR count). The Morgan fingerprint density at radius 2 is 2.09 bits per heavy atom. The van der Waals surface area contributed by atoms with Crippen LogP contribution in [-0.4, -0.2) is 53.5 Å². The zero-order chi connectivity index (χ0) is 8.85. The van der Waals surface area contributed by atoms with Crippen LogP contribution in [0.2, 0.25) is 0 Å². The molecule has 0 bridgehead atoms. The SMILES string of the molecule is CN[C@H]([C@@H](O)C=O)[C@@H](O)CO. The number of hydrogen-bond acceptors (Lipinski definition) is 5. The van der Waals surface area contributed by atoms with E-state index in [1.165, 1.54) is 7.05 Å². The van der Waals surface area contributed by atoms with E-state index in [1.807, 2.05) is 0 Å². The Labute approximate surface area is 64.7 Å². The summed E-state index contributed by atoms with van der Waals surface area (Å²) in [5.74, 6) is 0. The Morgan fingerprint density at radius 1 is 1.55 bits per heavy atom. The normalized spacial score (nSPS) is 18.9. The van der Waals surface area contributed by atoms with Crippen LogP contribution in [0.15, 0.2) is 0 Å². The maximum absolute atomic E-state index is 10.0. The number of likely N-dealkylation sites (N-methyl/N-ethyl adjacent to an activating group) is 1. The topological polar surface area (TPSA) is 89.8 Å². The molecule has 66 valence electrons. The minimum Gasteiger partial charge on any atom is -0.394 e. The van der Waals surface area contributed by atoms with Gasteiger partial charge in [0, 0.05) is 0 Å². The molecule has 0 saturated heterocycles. The first-order valence-electron chi connectivity index (χ1n) is 3.27. The van der Waals surface area contributed by atoms with Crippen molar-refractivity contribution in [3.63, 3.8) is 0 Å². The van der Waals surface area contributed by atoms with Crippen LogP contribution in [0.4, 0.5) is 0 Å². The summed E-state index contributed by atoms with van der Waals surface area (Å²) >= 11 is 0. The maximum atomic E-state index is 10.0. The Hall–Kier alpha value is -0.490. The average Bonchev–Trinajstić information content (AvgIpc) is 2.05. The molecule has 0 fully saturated rings. The van der Waals surface area contributed by atoms with Crippen molar-refractivity contribution in [2.45, 2.75) is 18.2 Å². The molecular formula is C6H13NO4. The highest BCUT2D eigenvalue weighted by atomic mass is 16.3. The molecule has 0 aliphatic carbocycles. The lowest BCUT2D eigenvalue weighted by atomic mass is 10.1. The number of carbonyl (C=O) groups is 1. The second kappa shape index (κ2) is 5.20. The molecule has 4 N–H and O–H groups in total. The van der Waals surface area contributed by atoms with Gasteiger partial charge in [0.1, 0.15) is 12.4 Å². The van der Waals surface area contributed by atoms with Gasteiger partial charge in [-0.25, -0.2) is 0 Å². The molecule has 0 heterocycles. The lowest BCUT2D eigenvalue weighted by Gasteiger charge is -2.22. The minimum atomic E-state index is -1.29. The van der Waals surface area contributed by atoms with Crippen molar-refractivity contribution in [3.8, 4) is 0 Å². The predicted molar refractivity (Wildman–Crippen MR) is 38.0 cm³/mol. The fraction of sp³-hybridized carbons (Fsp3) is 0.833. The van der Waals surface area contributed by atoms with E-state index in [9.17, 15) is 4.79 Å². The van der Waals surface area contributed by atoms with Gasteiger partial charge in [0.2, 0.25) is 0 Å². The summed E-state index contributed by atoms with van der Waals surface area (Å²) in [5, 5.41) is 28.9. The summed E-state index contributed by atoms with van der Waals surface area (Å²) < 4.78 is 0. The van der Waals surface area contributed by atoms with Crippen molar-refractivity contribution in [1.82, 2.24) is 5.32 Å². The van der Waals surface area contributed by atoms with Gasteiger partial charge in [0.15, 0.2) is 0 Å². The number of rotatable bonds is 5. The van der Waals surface area contributed by atoms with E-state index in [2.05, 4.69) is 5.32 Å². The summed E-state index contributed by atoms with van der Waals surface area (Å²) in [5.41, 5.74) is 0. The first-order valence-corrected chi connectivity index (χ1v) is 3.27. The highest BCUT2D eigenvalue weighted by molar-refractivity contribution is 5.57. The van der Waals surface area contributed by atoms with E-state index in [1.54, 1.807) is 0 Å². The van der Waals surface area contributed by atoms with Crippen molar-refractivity contribution < 1.29 is 20.1 Å². The monoisotopic (exact) mass is 163 g/mol. The van der Waals surface area contributed by atoms with Crippen molar-refractivity contribution in [3.05, 3.63) is 0 Å². The van der Waals surface area contributed by atoms with Gasteiger partial charge in [-0.1, -0.05) is 0 Å². The predicted octanol–water partition coefficient (Wildman–Crippen LogP) is -2.51. The van der Waals surface area contributed by atoms with Crippen LogP contribution in [0.25, 0.3) is 0 Å². The number of carbonyl (C=O) groups excluding carboxylic acids is 1. The van der Waals surface area contributed by atoms with E-state index in [0.29, 0.717) is 6.29 Å². The van der Waals surface area contributed by atoms with Gasteiger partial charge >= 0.3 is 0 Å². The maximum Gasteiger partial charge on any atom is 0.150 e. The van der Waals surface area contributed by atoms with Gasteiger partial charge in [0.25, 0.3) is 0 Å². The molecule has 0 aromatic rings. The van der Waals surface area contributed by atoms with E-state index in [-0.39, 0.29) is 0 Å². The summed E-state index contributed by atoms with van der Waals surface area (Å²) in [7, 11) is 1.48. The fourth-order valence-corrected chi connectivity index (χ4v) is 0.789. The van der Waals surface area contributed by atoms with Crippen LogP contribution in [0.5, 0.6) is 0 Å². The number of aliphatic hydroxyl groups excluding tert-OH is 3. The van der Waals surface area contributed by atoms with E-state index in [0.717, 1.165) is 0 Å². The number of aldehydes is 1. The van der Waals surface area contributed by atoms with E-state index >= 15 is 0 Å². The Kier molecular flexibility index (Phi) is 4.97. The number of hydrogen-bond donors (Lipinski definition) is 4. The van der Waals surface area contributed by atoms with Gasteiger partial charge in [0.05, 0.1) is 18.8 Å². The van der Waals surface area contributed by atoms with Gasteiger partial charge < -0.3 is 25.4 Å². The second-order valence-electron chi connectivity index (χ2n) is 2.19. The highest BCUT2D eigenvalue weighted by Gasteiger charge is 2.23. The standard InChI is InChI=1S/C6H13NO4/c1-7-6(4(10)2-8)5(11)3-9/h2,4-7,9-11H,3H2,1H3/t4-,5-,6+/m0/s1. The molecule has 0 radical (unpaired) electrons. The first kappa shape index (κ1) is 10.5. The molecule has 3 atom stereocenters. The highest BCUT2D eigenvalue weighted by Crippen LogP contribution is 1.96. The molecule has 0 aromatic heterocycles. The van der Waals surface area contributed by atoms with Gasteiger partial charge in [-0.3, -0.25) is 0 Å². The summed E-state index contributed by atoms with van der Waals surface area (Å²) in [6.45, 7) is -0.490. The third kappa shape index (κ3) is 2.94. The van der Waals surface area contributed by atoms with Crippen LogP contribution < -0.4 is 5.32 Å². The molecule has 0 aliphatic heterocycles. The number of nitrogens with one attached hydrogen (secondary N) is 1. The number of aliphatic hydroxyl groups is 3. The van der Waals surface area contributed by atoms with Crippen LogP contribution >= 0.6 is 0 Å². The Morgan fingerprint density at radius 3 is 2.36 bits per heavy atom. The quantitative estimate of drug-likeness (QED) is 0.336. The van der Waals surface area contributed by atoms with Crippen molar-refractivity contribution in [1.29, 1.82) is 0 Å². The van der Waals surface area contributed by atoms with Crippen LogP contribution in [0, 0.1) is 0 Å². The van der Waals surface area contributed by atoms with Gasteiger partial charge in [-0.15, -0.1) is 0 Å². The third-order valence-electron chi connectivity index (χ3n) is 1.44. The minimum absolute atomic E-state index is 0.306. The van der Waals surface area contributed by atoms with Crippen molar-refractivity contribution in [2.75, 3.05) is 13.7 Å². The summed E-state index contributed by atoms with van der Waals surface area (Å²) in [6.07, 6.45) is -2.11. The molecule has 11 heavy (non-hydrogen) atoms. The molecule has 0 unspecified atom stereocenters. The molecule has 0 aromatic carbocycles. The lowest BCUT2D eigenvalue weighted by molar-refractivity contribution is -0.118. The van der Waals surface area contributed by atoms with Crippen molar-refractivity contribution in [2.24, 2.45) is 0 Å². The van der Waals surface area contributed by atoms with Crippen LogP contribution in [0.1, 0.15) is 0 Å². The van der Waals surface area contributed by atoms with Crippen LogP contribution in [0.3, 0.4) is 0 Å². The molecule has 0 spiro atoms. The molecule has 0 saturated carbocycles. The summed E-state index contributed by atoms with van der Waals surface area (Å²) in [6, 6.07) is -0.808. The molecule has 5 heteroatoms. The largest absolute Gasteiger partial charge is 0.394 e. The Bertz CT molecular complexity index is 119. The molecule has 0 amide bonds. The zero-order valence-corrected chi connectivity index (χ0v) is 6.27.